The molecule has 3 rings (SSSR count). The number of thiophene rings is 1. The first-order chi connectivity index (χ1) is 12.5. The van der Waals surface area contributed by atoms with Crippen molar-refractivity contribution in [3.05, 3.63) is 52.0 Å². The summed E-state index contributed by atoms with van der Waals surface area (Å²) in [5.41, 5.74) is 0.985. The van der Waals surface area contributed by atoms with Gasteiger partial charge in [0.15, 0.2) is 0 Å². The molecule has 1 aliphatic heterocycles. The lowest BCUT2D eigenvalue weighted by molar-refractivity contribution is -0.277. The van der Waals surface area contributed by atoms with Crippen molar-refractivity contribution < 1.29 is 34.3 Å². The number of aliphatic hydroxyl groups is 4. The number of ether oxygens (including phenoxy) is 2. The van der Waals surface area contributed by atoms with Gasteiger partial charge in [-0.05, 0) is 42.0 Å². The molecule has 6 nitrogen and oxygen atoms in total. The number of hydrogen-bond acceptors (Lipinski definition) is 7. The molecule has 1 aromatic heterocycles. The van der Waals surface area contributed by atoms with Gasteiger partial charge in [0.2, 0.25) is 6.29 Å². The minimum Gasteiger partial charge on any atom is -0.461 e. The third-order valence-electron chi connectivity index (χ3n) is 4.35. The topological polar surface area (TPSA) is 99.4 Å². The fourth-order valence-corrected chi connectivity index (χ4v) is 3.62. The lowest BCUT2D eigenvalue weighted by atomic mass is 9.99. The summed E-state index contributed by atoms with van der Waals surface area (Å²) in [6, 6.07) is 8.00. The zero-order valence-corrected chi connectivity index (χ0v) is 14.7. The molecule has 0 radical (unpaired) electrons. The molecule has 8 heteroatoms. The molecule has 1 saturated heterocycles. The summed E-state index contributed by atoms with van der Waals surface area (Å²) >= 11 is 1.47. The van der Waals surface area contributed by atoms with Crippen LogP contribution in [0, 0.1) is 5.82 Å². The van der Waals surface area contributed by atoms with Crippen LogP contribution in [-0.2, 0) is 17.6 Å². The van der Waals surface area contributed by atoms with E-state index in [-0.39, 0.29) is 5.82 Å². The Morgan fingerprint density at radius 2 is 1.73 bits per heavy atom. The first-order valence-electron chi connectivity index (χ1n) is 8.27. The van der Waals surface area contributed by atoms with E-state index in [2.05, 4.69) is 0 Å². The Hall–Kier alpha value is -1.55. The molecular formula is C18H21FO6S. The van der Waals surface area contributed by atoms with Crippen LogP contribution in [0.4, 0.5) is 4.39 Å². The predicted molar refractivity (Wildman–Crippen MR) is 92.5 cm³/mol. The fourth-order valence-electron chi connectivity index (χ4n) is 2.81. The van der Waals surface area contributed by atoms with E-state index >= 15 is 0 Å². The second-order valence-electron chi connectivity index (χ2n) is 6.15. The Morgan fingerprint density at radius 1 is 1.00 bits per heavy atom. The Balaban J connectivity index is 1.65. The average molecular weight is 384 g/mol. The highest BCUT2D eigenvalue weighted by Crippen LogP contribution is 2.30. The van der Waals surface area contributed by atoms with Gasteiger partial charge in [-0.3, -0.25) is 0 Å². The molecule has 1 aliphatic rings. The van der Waals surface area contributed by atoms with Crippen LogP contribution in [0.1, 0.15) is 10.4 Å². The summed E-state index contributed by atoms with van der Waals surface area (Å²) in [7, 11) is 0. The quantitative estimate of drug-likeness (QED) is 0.589. The van der Waals surface area contributed by atoms with E-state index in [1.807, 2.05) is 5.38 Å². The van der Waals surface area contributed by atoms with Crippen molar-refractivity contribution in [2.24, 2.45) is 0 Å². The molecule has 2 heterocycles. The molecule has 4 N–H and O–H groups in total. The van der Waals surface area contributed by atoms with Gasteiger partial charge >= 0.3 is 0 Å². The van der Waals surface area contributed by atoms with Crippen LogP contribution in [0.3, 0.4) is 0 Å². The van der Waals surface area contributed by atoms with Crippen molar-refractivity contribution in [2.75, 3.05) is 6.61 Å². The maximum absolute atomic E-state index is 13.0. The van der Waals surface area contributed by atoms with E-state index in [9.17, 15) is 24.8 Å². The molecule has 26 heavy (non-hydrogen) atoms. The molecule has 0 unspecified atom stereocenters. The molecule has 5 atom stereocenters. The maximum atomic E-state index is 13.0. The molecule has 0 bridgehead atoms. The van der Waals surface area contributed by atoms with E-state index in [0.717, 1.165) is 10.4 Å². The first-order valence-corrected chi connectivity index (χ1v) is 9.15. The highest BCUT2D eigenvalue weighted by Gasteiger charge is 2.44. The molecule has 142 valence electrons. The van der Waals surface area contributed by atoms with Crippen LogP contribution in [0.15, 0.2) is 35.7 Å². The second-order valence-corrected chi connectivity index (χ2v) is 7.15. The first kappa shape index (κ1) is 19.2. The molecule has 2 aromatic rings. The summed E-state index contributed by atoms with van der Waals surface area (Å²) in [4.78, 5) is 0.909. The van der Waals surface area contributed by atoms with E-state index in [4.69, 9.17) is 9.47 Å². The smallest absolute Gasteiger partial charge is 0.229 e. The lowest BCUT2D eigenvalue weighted by Crippen LogP contribution is -2.60. The number of aliphatic hydroxyl groups excluding tert-OH is 4. The molecule has 1 fully saturated rings. The number of halogens is 1. The number of benzene rings is 1. The summed E-state index contributed by atoms with van der Waals surface area (Å²) in [5, 5.41) is 40.8. The van der Waals surface area contributed by atoms with Crippen LogP contribution in [-0.4, -0.2) is 57.7 Å². The molecule has 0 spiro atoms. The summed E-state index contributed by atoms with van der Waals surface area (Å²) in [6.45, 7) is -0.508. The highest BCUT2D eigenvalue weighted by molar-refractivity contribution is 7.10. The number of rotatable bonds is 6. The Labute approximate surface area is 154 Å². The van der Waals surface area contributed by atoms with Gasteiger partial charge < -0.3 is 29.9 Å². The van der Waals surface area contributed by atoms with Crippen molar-refractivity contribution >= 4 is 11.3 Å². The number of aryl methyl sites for hydroxylation is 2. The Morgan fingerprint density at radius 3 is 2.42 bits per heavy atom. The lowest BCUT2D eigenvalue weighted by Gasteiger charge is -2.39. The molecular weight excluding hydrogens is 363 g/mol. The van der Waals surface area contributed by atoms with E-state index < -0.39 is 37.3 Å². The molecule has 0 saturated carbocycles. The molecule has 0 amide bonds. The minimum atomic E-state index is -1.48. The summed E-state index contributed by atoms with van der Waals surface area (Å²) in [6.07, 6.45) is -5.23. The van der Waals surface area contributed by atoms with Gasteiger partial charge in [0.25, 0.3) is 0 Å². The zero-order chi connectivity index (χ0) is 18.7. The summed E-state index contributed by atoms with van der Waals surface area (Å²) < 4.78 is 24.0. The van der Waals surface area contributed by atoms with Gasteiger partial charge in [-0.2, -0.15) is 0 Å². The van der Waals surface area contributed by atoms with Gasteiger partial charge in [-0.1, -0.05) is 12.1 Å². The van der Waals surface area contributed by atoms with E-state index in [1.54, 1.807) is 18.2 Å². The van der Waals surface area contributed by atoms with Crippen molar-refractivity contribution in [3.63, 3.8) is 0 Å². The predicted octanol–water partition coefficient (Wildman–Crippen LogP) is 0.851. The van der Waals surface area contributed by atoms with Crippen molar-refractivity contribution in [2.45, 2.75) is 43.5 Å². The maximum Gasteiger partial charge on any atom is 0.229 e. The van der Waals surface area contributed by atoms with Crippen molar-refractivity contribution in [1.29, 1.82) is 0 Å². The summed E-state index contributed by atoms with van der Waals surface area (Å²) in [5.74, 6) is 0.220. The van der Waals surface area contributed by atoms with E-state index in [1.165, 1.54) is 23.5 Å². The van der Waals surface area contributed by atoms with Gasteiger partial charge in [-0.15, -0.1) is 11.3 Å². The zero-order valence-electron chi connectivity index (χ0n) is 13.9. The van der Waals surface area contributed by atoms with Gasteiger partial charge in [0.05, 0.1) is 6.61 Å². The number of hydrogen-bond donors (Lipinski definition) is 4. The molecule has 0 aliphatic carbocycles. The standard InChI is InChI=1S/C18H21FO6S/c19-11-4-1-10(2-5-11)3-6-14-12(7-8-26-14)24-18-17(23)16(22)15(21)13(9-20)25-18/h1-2,4-5,7-8,13,15-18,20-23H,3,6,9H2/t13-,15-,16+,17-,18-/m1/s1. The van der Waals surface area contributed by atoms with Crippen LogP contribution in [0.2, 0.25) is 0 Å². The Bertz CT molecular complexity index is 704. The Kier molecular flexibility index (Phi) is 6.23. The molecule has 1 aromatic carbocycles. The van der Waals surface area contributed by atoms with Gasteiger partial charge in [0.1, 0.15) is 36.0 Å². The van der Waals surface area contributed by atoms with Gasteiger partial charge in [-0.25, -0.2) is 4.39 Å². The van der Waals surface area contributed by atoms with Gasteiger partial charge in [0, 0.05) is 4.88 Å². The third-order valence-corrected chi connectivity index (χ3v) is 5.31. The largest absolute Gasteiger partial charge is 0.461 e. The highest BCUT2D eigenvalue weighted by atomic mass is 32.1. The van der Waals surface area contributed by atoms with Crippen molar-refractivity contribution in [3.8, 4) is 5.75 Å². The fraction of sp³-hybridized carbons (Fsp3) is 0.444. The third kappa shape index (κ3) is 4.22. The van der Waals surface area contributed by atoms with Crippen LogP contribution in [0.25, 0.3) is 0 Å². The minimum absolute atomic E-state index is 0.281. The van der Waals surface area contributed by atoms with Crippen LogP contribution < -0.4 is 4.74 Å². The van der Waals surface area contributed by atoms with Crippen molar-refractivity contribution in [1.82, 2.24) is 0 Å². The van der Waals surface area contributed by atoms with Crippen LogP contribution >= 0.6 is 11.3 Å². The normalized spacial score (nSPS) is 28.9. The van der Waals surface area contributed by atoms with E-state index in [0.29, 0.717) is 18.6 Å². The van der Waals surface area contributed by atoms with Crippen LogP contribution in [0.5, 0.6) is 5.75 Å². The SMILES string of the molecule is OC[C@H]1O[C@@H](Oc2ccsc2CCc2ccc(F)cc2)[C@H](O)[C@@H](O)[C@@H]1O. The monoisotopic (exact) mass is 384 g/mol. The second kappa shape index (κ2) is 8.43. The average Bonchev–Trinajstić information content (AvgIpc) is 3.09.